The first-order valence-corrected chi connectivity index (χ1v) is 6.55. The van der Waals surface area contributed by atoms with Gasteiger partial charge in [0.15, 0.2) is 0 Å². The lowest BCUT2D eigenvalue weighted by atomic mass is 9.81. The van der Waals surface area contributed by atoms with Crippen molar-refractivity contribution < 1.29 is 0 Å². The van der Waals surface area contributed by atoms with E-state index in [9.17, 15) is 0 Å². The summed E-state index contributed by atoms with van der Waals surface area (Å²) < 4.78 is 0. The molecule has 1 radical (unpaired) electrons. The summed E-state index contributed by atoms with van der Waals surface area (Å²) in [7, 11) is 0. The highest BCUT2D eigenvalue weighted by Crippen LogP contribution is 2.37. The molecule has 0 spiro atoms. The minimum Gasteiger partial charge on any atom is -0.0837 e. The summed E-state index contributed by atoms with van der Waals surface area (Å²) in [5.41, 5.74) is 4.78. The van der Waals surface area contributed by atoms with Gasteiger partial charge in [-0.3, -0.25) is 0 Å². The van der Waals surface area contributed by atoms with E-state index < -0.39 is 0 Å². The lowest BCUT2D eigenvalue weighted by molar-refractivity contribution is 0.591. The molecule has 2 aromatic rings. The molecule has 0 heterocycles. The Labute approximate surface area is 115 Å². The van der Waals surface area contributed by atoms with Gasteiger partial charge in [0.1, 0.15) is 0 Å². The quantitative estimate of drug-likeness (QED) is 0.641. The van der Waals surface area contributed by atoms with E-state index in [2.05, 4.69) is 45.9 Å². The molecule has 0 aliphatic rings. The van der Waals surface area contributed by atoms with Gasteiger partial charge in [-0.05, 0) is 41.2 Å². The SMILES string of the molecule is Cc1cccc(Cl)c1-c1ccc[c]c1C(C)(C)C. The fourth-order valence-corrected chi connectivity index (χ4v) is 2.56. The zero-order valence-electron chi connectivity index (χ0n) is 11.3. The number of aryl methyl sites for hydroxylation is 1. The summed E-state index contributed by atoms with van der Waals surface area (Å²) in [5.74, 6) is 0. The molecule has 0 aliphatic carbocycles. The second-order valence-corrected chi connectivity index (χ2v) is 6.05. The fourth-order valence-electron chi connectivity index (χ4n) is 2.24. The number of hydrogen-bond donors (Lipinski definition) is 0. The van der Waals surface area contributed by atoms with Crippen molar-refractivity contribution in [2.24, 2.45) is 0 Å². The predicted octanol–water partition coefficient (Wildman–Crippen LogP) is 5.41. The minimum atomic E-state index is 0.0577. The third-order valence-corrected chi connectivity index (χ3v) is 3.41. The van der Waals surface area contributed by atoms with Crippen LogP contribution in [0, 0.1) is 13.0 Å². The molecule has 0 aromatic heterocycles. The van der Waals surface area contributed by atoms with Crippen LogP contribution in [0.15, 0.2) is 36.4 Å². The molecule has 0 saturated carbocycles. The molecular formula is C17H18Cl. The van der Waals surface area contributed by atoms with Crippen molar-refractivity contribution in [1.29, 1.82) is 0 Å². The molecule has 18 heavy (non-hydrogen) atoms. The molecule has 0 unspecified atom stereocenters. The minimum absolute atomic E-state index is 0.0577. The van der Waals surface area contributed by atoms with Crippen LogP contribution in [0.25, 0.3) is 11.1 Å². The lowest BCUT2D eigenvalue weighted by Crippen LogP contribution is -2.13. The van der Waals surface area contributed by atoms with Crippen molar-refractivity contribution >= 4 is 11.6 Å². The Hall–Kier alpha value is -1.27. The normalized spacial score (nSPS) is 11.6. The van der Waals surface area contributed by atoms with Gasteiger partial charge in [-0.25, -0.2) is 0 Å². The van der Waals surface area contributed by atoms with Crippen LogP contribution in [0.5, 0.6) is 0 Å². The maximum absolute atomic E-state index is 6.37. The Morgan fingerprint density at radius 2 is 1.78 bits per heavy atom. The topological polar surface area (TPSA) is 0 Å². The van der Waals surface area contributed by atoms with Crippen LogP contribution in [0.1, 0.15) is 31.9 Å². The van der Waals surface area contributed by atoms with Crippen LogP contribution in [0.3, 0.4) is 0 Å². The summed E-state index contributed by atoms with van der Waals surface area (Å²) in [6, 6.07) is 15.5. The first-order valence-electron chi connectivity index (χ1n) is 6.18. The van der Waals surface area contributed by atoms with Gasteiger partial charge in [0.2, 0.25) is 0 Å². The van der Waals surface area contributed by atoms with Crippen LogP contribution in [0.4, 0.5) is 0 Å². The van der Waals surface area contributed by atoms with Gasteiger partial charge in [-0.2, -0.15) is 0 Å². The molecule has 0 amide bonds. The number of halogens is 1. The van der Waals surface area contributed by atoms with Crippen molar-refractivity contribution in [3.8, 4) is 11.1 Å². The van der Waals surface area contributed by atoms with Gasteiger partial charge in [0.05, 0.1) is 0 Å². The fraction of sp³-hybridized carbons (Fsp3) is 0.294. The van der Waals surface area contributed by atoms with Crippen molar-refractivity contribution in [1.82, 2.24) is 0 Å². The Bertz CT molecular complexity index is 542. The van der Waals surface area contributed by atoms with E-state index in [4.69, 9.17) is 11.6 Å². The summed E-state index contributed by atoms with van der Waals surface area (Å²) in [6.07, 6.45) is 0. The Kier molecular flexibility index (Phi) is 3.49. The molecule has 0 atom stereocenters. The Balaban J connectivity index is 2.73. The van der Waals surface area contributed by atoms with Gasteiger partial charge >= 0.3 is 0 Å². The van der Waals surface area contributed by atoms with E-state index in [1.807, 2.05) is 24.3 Å². The van der Waals surface area contributed by atoms with Crippen LogP contribution in [-0.2, 0) is 5.41 Å². The van der Waals surface area contributed by atoms with Crippen LogP contribution in [-0.4, -0.2) is 0 Å². The summed E-state index contributed by atoms with van der Waals surface area (Å²) in [6.45, 7) is 8.71. The Morgan fingerprint density at radius 1 is 1.06 bits per heavy atom. The third kappa shape index (κ3) is 2.44. The van der Waals surface area contributed by atoms with Crippen LogP contribution < -0.4 is 0 Å². The van der Waals surface area contributed by atoms with E-state index in [0.29, 0.717) is 0 Å². The van der Waals surface area contributed by atoms with E-state index >= 15 is 0 Å². The van der Waals surface area contributed by atoms with E-state index in [-0.39, 0.29) is 5.41 Å². The Morgan fingerprint density at radius 3 is 2.39 bits per heavy atom. The predicted molar refractivity (Wildman–Crippen MR) is 79.2 cm³/mol. The van der Waals surface area contributed by atoms with E-state index in [0.717, 1.165) is 10.6 Å². The maximum atomic E-state index is 6.37. The molecule has 1 heteroatoms. The molecule has 0 saturated heterocycles. The van der Waals surface area contributed by atoms with Gasteiger partial charge in [0.25, 0.3) is 0 Å². The monoisotopic (exact) mass is 257 g/mol. The van der Waals surface area contributed by atoms with Gasteiger partial charge in [-0.15, -0.1) is 0 Å². The first kappa shape index (κ1) is 13.2. The molecule has 2 aromatic carbocycles. The van der Waals surface area contributed by atoms with Crippen LogP contribution >= 0.6 is 11.6 Å². The molecule has 0 nitrogen and oxygen atoms in total. The second-order valence-electron chi connectivity index (χ2n) is 5.64. The summed E-state index contributed by atoms with van der Waals surface area (Å²) >= 11 is 6.37. The summed E-state index contributed by atoms with van der Waals surface area (Å²) in [4.78, 5) is 0. The smallest absolute Gasteiger partial charge is 0.0487 e. The highest BCUT2D eigenvalue weighted by atomic mass is 35.5. The lowest BCUT2D eigenvalue weighted by Gasteiger charge is -2.23. The largest absolute Gasteiger partial charge is 0.0837 e. The molecule has 93 valence electrons. The van der Waals surface area contributed by atoms with Crippen molar-refractivity contribution in [2.45, 2.75) is 33.1 Å². The molecule has 0 fully saturated rings. The zero-order valence-corrected chi connectivity index (χ0v) is 12.1. The molecular weight excluding hydrogens is 240 g/mol. The zero-order chi connectivity index (χ0) is 13.3. The van der Waals surface area contributed by atoms with Gasteiger partial charge in [0, 0.05) is 10.6 Å². The third-order valence-electron chi connectivity index (χ3n) is 3.10. The van der Waals surface area contributed by atoms with Crippen molar-refractivity contribution in [3.05, 3.63) is 58.6 Å². The highest BCUT2D eigenvalue weighted by molar-refractivity contribution is 6.33. The first-order chi connectivity index (χ1) is 8.41. The molecule has 0 aliphatic heterocycles. The number of benzene rings is 2. The van der Waals surface area contributed by atoms with Crippen molar-refractivity contribution in [3.63, 3.8) is 0 Å². The van der Waals surface area contributed by atoms with E-state index in [1.165, 1.54) is 16.7 Å². The number of hydrogen-bond acceptors (Lipinski definition) is 0. The van der Waals surface area contributed by atoms with Crippen LogP contribution in [0.2, 0.25) is 5.02 Å². The second kappa shape index (κ2) is 4.78. The molecule has 2 rings (SSSR count). The molecule has 0 N–H and O–H groups in total. The van der Waals surface area contributed by atoms with Gasteiger partial charge < -0.3 is 0 Å². The maximum Gasteiger partial charge on any atom is 0.0487 e. The number of rotatable bonds is 1. The summed E-state index contributed by atoms with van der Waals surface area (Å²) in [5, 5.41) is 0.806. The standard InChI is InChI=1S/C17H18Cl/c1-12-8-7-11-15(18)16(12)13-9-5-6-10-14(13)17(2,3)4/h5-9,11H,1-4H3. The average Bonchev–Trinajstić information content (AvgIpc) is 2.28. The van der Waals surface area contributed by atoms with Gasteiger partial charge in [-0.1, -0.05) is 62.7 Å². The average molecular weight is 258 g/mol. The molecule has 0 bridgehead atoms. The van der Waals surface area contributed by atoms with Crippen molar-refractivity contribution in [2.75, 3.05) is 0 Å². The van der Waals surface area contributed by atoms with E-state index in [1.54, 1.807) is 0 Å². The highest BCUT2D eigenvalue weighted by Gasteiger charge is 2.20.